The van der Waals surface area contributed by atoms with Gasteiger partial charge < -0.3 is 20.7 Å². The van der Waals surface area contributed by atoms with Gasteiger partial charge in [0.1, 0.15) is 0 Å². The summed E-state index contributed by atoms with van der Waals surface area (Å²) in [7, 11) is 0. The molecule has 0 amide bonds. The van der Waals surface area contributed by atoms with Crippen LogP contribution >= 0.6 is 0 Å². The van der Waals surface area contributed by atoms with E-state index in [0.717, 1.165) is 29.5 Å². The van der Waals surface area contributed by atoms with Crippen LogP contribution in [0.5, 0.6) is 5.75 Å². The number of rotatable bonds is 10. The first kappa shape index (κ1) is 20.4. The molecule has 0 heterocycles. The Kier molecular flexibility index (Phi) is 7.57. The summed E-state index contributed by atoms with van der Waals surface area (Å²) >= 11 is 0. The minimum absolute atomic E-state index is 0.256. The van der Waals surface area contributed by atoms with Gasteiger partial charge in [-0.1, -0.05) is 43.7 Å². The predicted octanol–water partition coefficient (Wildman–Crippen LogP) is 3.29. The van der Waals surface area contributed by atoms with Gasteiger partial charge in [0.05, 0.1) is 25.4 Å². The van der Waals surface area contributed by atoms with Crippen LogP contribution in [0.15, 0.2) is 42.5 Å². The summed E-state index contributed by atoms with van der Waals surface area (Å²) in [5.41, 5.74) is 7.67. The van der Waals surface area contributed by atoms with Crippen molar-refractivity contribution in [3.8, 4) is 16.9 Å². The van der Waals surface area contributed by atoms with E-state index in [9.17, 15) is 14.6 Å². The zero-order chi connectivity index (χ0) is 19.0. The molecule has 0 aliphatic rings. The molecule has 0 spiro atoms. The topological polar surface area (TPSA) is 75.7 Å². The van der Waals surface area contributed by atoms with E-state index in [0.29, 0.717) is 19.4 Å². The molecular weight excluding hydrogens is 333 g/mol. The molecule has 2 aromatic rings. The molecule has 0 radical (unpaired) electrons. The van der Waals surface area contributed by atoms with Crippen molar-refractivity contribution in [1.29, 1.82) is 0 Å². The Hall–Kier alpha value is -1.95. The first-order chi connectivity index (χ1) is 12.5. The third kappa shape index (κ3) is 5.53. The van der Waals surface area contributed by atoms with Crippen LogP contribution < -0.4 is 10.5 Å². The zero-order valence-electron chi connectivity index (χ0n) is 15.2. The number of aliphatic hydroxyl groups is 2. The largest absolute Gasteiger partial charge is 0.491 e. The summed E-state index contributed by atoms with van der Waals surface area (Å²) in [5.74, 6) is -0.0763. The van der Waals surface area contributed by atoms with Gasteiger partial charge in [0, 0.05) is 0 Å². The van der Waals surface area contributed by atoms with Crippen molar-refractivity contribution in [2.24, 2.45) is 5.73 Å². The summed E-state index contributed by atoms with van der Waals surface area (Å²) in [4.78, 5) is 0. The lowest BCUT2D eigenvalue weighted by molar-refractivity contribution is 0.115. The average molecular weight is 361 g/mol. The van der Waals surface area contributed by atoms with Crippen LogP contribution in [0.1, 0.15) is 31.7 Å². The SMILES string of the molecule is CCCCOc1ccc(-c2ccc(CCC(N)(CO)CO)cc2)cc1F. The number of aliphatic hydroxyl groups excluding tert-OH is 2. The van der Waals surface area contributed by atoms with Gasteiger partial charge in [-0.05, 0) is 48.1 Å². The van der Waals surface area contributed by atoms with Crippen LogP contribution in [0.4, 0.5) is 4.39 Å². The number of ether oxygens (including phenoxy) is 1. The standard InChI is InChI=1S/C21H28FNO3/c1-2-3-12-26-20-9-8-18(13-19(20)22)17-6-4-16(5-7-17)10-11-21(23,14-24)15-25/h4-9,13,24-25H,2-3,10-12,14-15,23H2,1H3. The number of nitrogens with two attached hydrogens (primary N) is 1. The Labute approximate surface area is 154 Å². The van der Waals surface area contributed by atoms with Crippen LogP contribution in [-0.2, 0) is 6.42 Å². The summed E-state index contributed by atoms with van der Waals surface area (Å²) in [5, 5.41) is 18.5. The Balaban J connectivity index is 2.02. The van der Waals surface area contributed by atoms with Crippen LogP contribution in [0.3, 0.4) is 0 Å². The number of hydrogen-bond acceptors (Lipinski definition) is 4. The third-order valence-corrected chi connectivity index (χ3v) is 4.52. The fraction of sp³-hybridized carbons (Fsp3) is 0.429. The molecule has 0 fully saturated rings. The predicted molar refractivity (Wildman–Crippen MR) is 102 cm³/mol. The van der Waals surface area contributed by atoms with Crippen molar-refractivity contribution in [3.63, 3.8) is 0 Å². The lowest BCUT2D eigenvalue weighted by Crippen LogP contribution is -2.47. The zero-order valence-corrected chi connectivity index (χ0v) is 15.2. The minimum Gasteiger partial charge on any atom is -0.491 e. The number of aryl methyl sites for hydroxylation is 1. The minimum atomic E-state index is -0.963. The van der Waals surface area contributed by atoms with Crippen molar-refractivity contribution in [2.75, 3.05) is 19.8 Å². The second-order valence-electron chi connectivity index (χ2n) is 6.72. The molecule has 4 nitrogen and oxygen atoms in total. The van der Waals surface area contributed by atoms with Gasteiger partial charge in [0.2, 0.25) is 0 Å². The highest BCUT2D eigenvalue weighted by Gasteiger charge is 2.22. The van der Waals surface area contributed by atoms with Gasteiger partial charge in [-0.3, -0.25) is 0 Å². The van der Waals surface area contributed by atoms with Crippen LogP contribution in [0.25, 0.3) is 11.1 Å². The normalized spacial score (nSPS) is 11.6. The molecular formula is C21H28FNO3. The van der Waals surface area contributed by atoms with E-state index in [4.69, 9.17) is 10.5 Å². The molecule has 26 heavy (non-hydrogen) atoms. The molecule has 0 aromatic heterocycles. The van der Waals surface area contributed by atoms with Crippen molar-refractivity contribution in [1.82, 2.24) is 0 Å². The quantitative estimate of drug-likeness (QED) is 0.568. The van der Waals surface area contributed by atoms with E-state index in [1.807, 2.05) is 30.3 Å². The van der Waals surface area contributed by atoms with E-state index in [2.05, 4.69) is 6.92 Å². The molecule has 0 saturated heterocycles. The Morgan fingerprint density at radius 3 is 2.27 bits per heavy atom. The first-order valence-electron chi connectivity index (χ1n) is 9.03. The van der Waals surface area contributed by atoms with E-state index in [1.54, 1.807) is 6.07 Å². The Morgan fingerprint density at radius 1 is 1.04 bits per heavy atom. The highest BCUT2D eigenvalue weighted by molar-refractivity contribution is 5.64. The van der Waals surface area contributed by atoms with Gasteiger partial charge >= 0.3 is 0 Å². The van der Waals surface area contributed by atoms with Crippen LogP contribution in [0, 0.1) is 5.82 Å². The fourth-order valence-electron chi connectivity index (χ4n) is 2.59. The second-order valence-corrected chi connectivity index (χ2v) is 6.72. The fourth-order valence-corrected chi connectivity index (χ4v) is 2.59. The lowest BCUT2D eigenvalue weighted by Gasteiger charge is -2.24. The molecule has 0 aliphatic heterocycles. The average Bonchev–Trinajstić information content (AvgIpc) is 2.68. The monoisotopic (exact) mass is 361 g/mol. The number of halogens is 1. The summed E-state index contributed by atoms with van der Waals surface area (Å²) in [6.45, 7) is 2.07. The van der Waals surface area contributed by atoms with Crippen molar-refractivity contribution in [3.05, 3.63) is 53.8 Å². The molecule has 0 aliphatic carbocycles. The maximum absolute atomic E-state index is 14.2. The van der Waals surface area contributed by atoms with Gasteiger partial charge in [-0.2, -0.15) is 0 Å². The molecule has 2 rings (SSSR count). The van der Waals surface area contributed by atoms with Gasteiger partial charge in [0.25, 0.3) is 0 Å². The highest BCUT2D eigenvalue weighted by Crippen LogP contribution is 2.26. The third-order valence-electron chi connectivity index (χ3n) is 4.52. The molecule has 142 valence electrons. The second kappa shape index (κ2) is 9.67. The first-order valence-corrected chi connectivity index (χ1v) is 9.03. The molecule has 0 saturated carbocycles. The number of unbranched alkanes of at least 4 members (excludes halogenated alkanes) is 1. The maximum atomic E-state index is 14.2. The Morgan fingerprint density at radius 2 is 1.69 bits per heavy atom. The van der Waals surface area contributed by atoms with E-state index in [-0.39, 0.29) is 24.8 Å². The van der Waals surface area contributed by atoms with Gasteiger partial charge in [0.15, 0.2) is 11.6 Å². The molecule has 0 unspecified atom stereocenters. The van der Waals surface area contributed by atoms with Gasteiger partial charge in [-0.25, -0.2) is 4.39 Å². The molecule has 5 heteroatoms. The highest BCUT2D eigenvalue weighted by atomic mass is 19.1. The van der Waals surface area contributed by atoms with E-state index < -0.39 is 5.54 Å². The summed E-state index contributed by atoms with van der Waals surface area (Å²) in [6, 6.07) is 12.8. The number of hydrogen-bond donors (Lipinski definition) is 3. The molecule has 0 bridgehead atoms. The Bertz CT molecular complexity index is 684. The molecule has 0 atom stereocenters. The van der Waals surface area contributed by atoms with E-state index in [1.165, 1.54) is 6.07 Å². The summed E-state index contributed by atoms with van der Waals surface area (Å²) in [6.07, 6.45) is 3.04. The van der Waals surface area contributed by atoms with Crippen molar-refractivity contribution >= 4 is 0 Å². The van der Waals surface area contributed by atoms with Crippen LogP contribution in [-0.4, -0.2) is 35.6 Å². The van der Waals surface area contributed by atoms with Crippen molar-refractivity contribution < 1.29 is 19.3 Å². The van der Waals surface area contributed by atoms with Crippen LogP contribution in [0.2, 0.25) is 0 Å². The number of benzene rings is 2. The van der Waals surface area contributed by atoms with Gasteiger partial charge in [-0.15, -0.1) is 0 Å². The lowest BCUT2D eigenvalue weighted by atomic mass is 9.93. The van der Waals surface area contributed by atoms with E-state index >= 15 is 0 Å². The summed E-state index contributed by atoms with van der Waals surface area (Å²) < 4.78 is 19.6. The molecule has 2 aromatic carbocycles. The molecule has 4 N–H and O–H groups in total. The smallest absolute Gasteiger partial charge is 0.165 e. The maximum Gasteiger partial charge on any atom is 0.165 e. The van der Waals surface area contributed by atoms with Crippen molar-refractivity contribution in [2.45, 2.75) is 38.1 Å².